The number of aromatic nitrogens is 1. The van der Waals surface area contributed by atoms with Crippen LogP contribution in [0.4, 0.5) is 30.7 Å². The van der Waals surface area contributed by atoms with Crippen LogP contribution in [-0.4, -0.2) is 28.0 Å². The van der Waals surface area contributed by atoms with E-state index in [4.69, 9.17) is 0 Å². The van der Waals surface area contributed by atoms with Gasteiger partial charge in [-0.2, -0.15) is 8.78 Å². The molecule has 0 spiro atoms. The number of hydrogen-bond acceptors (Lipinski definition) is 4. The number of carbonyl (C=O) groups is 2. The van der Waals surface area contributed by atoms with Gasteiger partial charge in [-0.15, -0.1) is 11.8 Å². The van der Waals surface area contributed by atoms with Crippen LogP contribution in [0.1, 0.15) is 37.5 Å². The van der Waals surface area contributed by atoms with Crippen molar-refractivity contribution >= 4 is 23.6 Å². The third kappa shape index (κ3) is 4.30. The van der Waals surface area contributed by atoms with E-state index in [1.807, 2.05) is 12.2 Å². The molecule has 12 heteroatoms. The van der Waals surface area contributed by atoms with Gasteiger partial charge in [-0.25, -0.2) is 26.9 Å². The van der Waals surface area contributed by atoms with Crippen LogP contribution in [0.3, 0.4) is 0 Å². The molecule has 1 aliphatic heterocycles. The van der Waals surface area contributed by atoms with Crippen LogP contribution in [-0.2, 0) is 12.5 Å². The van der Waals surface area contributed by atoms with E-state index in [9.17, 15) is 40.3 Å². The zero-order chi connectivity index (χ0) is 26.4. The molecule has 0 saturated heterocycles. The van der Waals surface area contributed by atoms with Crippen molar-refractivity contribution in [3.05, 3.63) is 93.6 Å². The molecule has 0 aliphatic carbocycles. The second-order valence-electron chi connectivity index (χ2n) is 7.43. The van der Waals surface area contributed by atoms with Gasteiger partial charge in [-0.3, -0.25) is 14.5 Å². The molecule has 0 unspecified atom stereocenters. The smallest absolute Gasteiger partial charge is 0.268 e. The highest BCUT2D eigenvalue weighted by Crippen LogP contribution is 2.35. The van der Waals surface area contributed by atoms with Gasteiger partial charge < -0.3 is 0 Å². The number of pyridine rings is 1. The third-order valence-electron chi connectivity index (χ3n) is 5.20. The van der Waals surface area contributed by atoms with E-state index in [0.717, 1.165) is 28.0 Å². The summed E-state index contributed by atoms with van der Waals surface area (Å²) in [5.41, 5.74) is -2.62. The van der Waals surface area contributed by atoms with E-state index in [2.05, 4.69) is 4.98 Å². The molecule has 2 amide bonds. The molecule has 184 valence electrons. The van der Waals surface area contributed by atoms with Crippen LogP contribution in [0, 0.1) is 40.9 Å². The highest BCUT2D eigenvalue weighted by atomic mass is 32.2. The number of carbonyl (C=O) groups excluding carboxylic acids is 2. The fourth-order valence-corrected chi connectivity index (χ4v) is 3.79. The fourth-order valence-electron chi connectivity index (χ4n) is 3.38. The van der Waals surface area contributed by atoms with Crippen molar-refractivity contribution in [2.75, 3.05) is 6.26 Å². The number of hydrogen-bond donors (Lipinski definition) is 0. The van der Waals surface area contributed by atoms with Crippen molar-refractivity contribution in [3.8, 4) is 11.8 Å². The normalized spacial score (nSPS) is 13.1. The predicted octanol–water partition coefficient (Wildman–Crippen LogP) is 5.44. The maximum atomic E-state index is 14.4. The molecule has 0 saturated carbocycles. The Bertz CT molecular complexity index is 1450. The number of fused-ring (bicyclic) bond motifs is 1. The highest BCUT2D eigenvalue weighted by Gasteiger charge is 2.41. The van der Waals surface area contributed by atoms with Gasteiger partial charge in [0.2, 0.25) is 5.82 Å². The number of nitrogens with zero attached hydrogens (tertiary/aromatic N) is 2. The van der Waals surface area contributed by atoms with Crippen LogP contribution < -0.4 is 0 Å². The Morgan fingerprint density at radius 2 is 1.50 bits per heavy atom. The first-order valence-electron chi connectivity index (χ1n) is 9.88. The number of imide groups is 1. The SMILES string of the molecule is CSc1ccc(CN2C(=O)c3cc(C#CC(F)(F)c4c(F)c(F)c(F)c(F)c4F)cnc3C2=O)cc1. The zero-order valence-electron chi connectivity index (χ0n) is 17.9. The van der Waals surface area contributed by atoms with E-state index >= 15 is 0 Å². The van der Waals surface area contributed by atoms with Crippen LogP contribution in [0.15, 0.2) is 41.4 Å². The molecule has 1 aliphatic rings. The first-order chi connectivity index (χ1) is 17.0. The van der Waals surface area contributed by atoms with Gasteiger partial charge in [0, 0.05) is 16.7 Å². The van der Waals surface area contributed by atoms with Crippen molar-refractivity contribution < 1.29 is 40.3 Å². The minimum Gasteiger partial charge on any atom is -0.268 e. The van der Waals surface area contributed by atoms with Crippen molar-refractivity contribution in [2.24, 2.45) is 0 Å². The molecule has 4 nitrogen and oxygen atoms in total. The van der Waals surface area contributed by atoms with E-state index in [1.54, 1.807) is 24.3 Å². The Morgan fingerprint density at radius 1 is 0.917 bits per heavy atom. The largest absolute Gasteiger partial charge is 0.339 e. The Labute approximate surface area is 203 Å². The van der Waals surface area contributed by atoms with E-state index in [1.165, 1.54) is 11.8 Å². The molecule has 36 heavy (non-hydrogen) atoms. The average molecular weight is 524 g/mol. The number of thioether (sulfide) groups is 1. The standard InChI is InChI=1S/C24H11F7N2O2S/c1-36-13-4-2-11(3-5-13)10-33-22(34)14-8-12(9-32-21(14)23(33)35)6-7-24(30,31)15-16(25)18(27)20(29)19(28)17(15)26/h2-5,8-9H,10H2,1H3. The average Bonchev–Trinajstić information content (AvgIpc) is 3.09. The van der Waals surface area contributed by atoms with Gasteiger partial charge in [0.05, 0.1) is 12.1 Å². The highest BCUT2D eigenvalue weighted by molar-refractivity contribution is 7.98. The van der Waals surface area contributed by atoms with Crippen molar-refractivity contribution in [3.63, 3.8) is 0 Å². The molecule has 2 aromatic carbocycles. The van der Waals surface area contributed by atoms with Gasteiger partial charge >= 0.3 is 5.92 Å². The second-order valence-corrected chi connectivity index (χ2v) is 8.31. The summed E-state index contributed by atoms with van der Waals surface area (Å²) in [6, 6.07) is 8.02. The first kappa shape index (κ1) is 25.2. The second kappa shape index (κ2) is 9.31. The molecule has 0 bridgehead atoms. The summed E-state index contributed by atoms with van der Waals surface area (Å²) < 4.78 is 96.1. The molecule has 2 heterocycles. The Kier molecular flexibility index (Phi) is 6.53. The number of halogens is 7. The van der Waals surface area contributed by atoms with E-state index in [-0.39, 0.29) is 23.4 Å². The van der Waals surface area contributed by atoms with Crippen molar-refractivity contribution in [1.29, 1.82) is 0 Å². The van der Waals surface area contributed by atoms with Gasteiger partial charge in [0.15, 0.2) is 23.3 Å². The number of benzene rings is 2. The van der Waals surface area contributed by atoms with Crippen molar-refractivity contribution in [1.82, 2.24) is 9.88 Å². The van der Waals surface area contributed by atoms with E-state index < -0.39 is 52.4 Å². The fraction of sp³-hybridized carbons (Fsp3) is 0.125. The lowest BCUT2D eigenvalue weighted by Crippen LogP contribution is -2.29. The summed E-state index contributed by atoms with van der Waals surface area (Å²) in [6.45, 7) is -0.0813. The Balaban J connectivity index is 1.63. The van der Waals surface area contributed by atoms with Crippen LogP contribution in [0.5, 0.6) is 0 Å². The molecular weight excluding hydrogens is 513 g/mol. The monoisotopic (exact) mass is 524 g/mol. The third-order valence-corrected chi connectivity index (χ3v) is 5.94. The lowest BCUT2D eigenvalue weighted by atomic mass is 10.1. The molecule has 0 fully saturated rings. The van der Waals surface area contributed by atoms with E-state index in [0.29, 0.717) is 5.56 Å². The number of rotatable bonds is 4. The van der Waals surface area contributed by atoms with Gasteiger partial charge in [0.1, 0.15) is 11.3 Å². The summed E-state index contributed by atoms with van der Waals surface area (Å²) in [6.07, 6.45) is 2.74. The summed E-state index contributed by atoms with van der Waals surface area (Å²) in [4.78, 5) is 31.0. The molecule has 0 atom stereocenters. The van der Waals surface area contributed by atoms with Crippen LogP contribution in [0.25, 0.3) is 0 Å². The van der Waals surface area contributed by atoms with Gasteiger partial charge in [-0.05, 0) is 35.9 Å². The predicted molar refractivity (Wildman–Crippen MR) is 114 cm³/mol. The van der Waals surface area contributed by atoms with Crippen molar-refractivity contribution in [2.45, 2.75) is 17.4 Å². The maximum absolute atomic E-state index is 14.4. The lowest BCUT2D eigenvalue weighted by Gasteiger charge is -2.13. The summed E-state index contributed by atoms with van der Waals surface area (Å²) in [7, 11) is 0. The lowest BCUT2D eigenvalue weighted by molar-refractivity contribution is 0.0526. The quantitative estimate of drug-likeness (QED) is 0.114. The maximum Gasteiger partial charge on any atom is 0.339 e. The zero-order valence-corrected chi connectivity index (χ0v) is 18.8. The molecule has 0 N–H and O–H groups in total. The summed E-state index contributed by atoms with van der Waals surface area (Å²) in [5, 5.41) is 0. The molecule has 0 radical (unpaired) electrons. The Hall–Kier alpha value is -3.85. The molecule has 1 aromatic heterocycles. The molecular formula is C24H11F7N2O2S. The molecule has 4 rings (SSSR count). The minimum absolute atomic E-state index is 0.0813. The Morgan fingerprint density at radius 3 is 2.08 bits per heavy atom. The molecule has 3 aromatic rings. The van der Waals surface area contributed by atoms with Gasteiger partial charge in [-0.1, -0.05) is 18.1 Å². The number of amides is 2. The summed E-state index contributed by atoms with van der Waals surface area (Å²) in [5.74, 6) is -16.4. The topological polar surface area (TPSA) is 50.3 Å². The number of alkyl halides is 2. The van der Waals surface area contributed by atoms with Crippen LogP contribution >= 0.6 is 11.8 Å². The van der Waals surface area contributed by atoms with Gasteiger partial charge in [0.25, 0.3) is 11.8 Å². The summed E-state index contributed by atoms with van der Waals surface area (Å²) >= 11 is 1.50. The first-order valence-corrected chi connectivity index (χ1v) is 11.1. The van der Waals surface area contributed by atoms with Crippen LogP contribution in [0.2, 0.25) is 0 Å². The minimum atomic E-state index is -4.79.